The van der Waals surface area contributed by atoms with Gasteiger partial charge in [0.2, 0.25) is 0 Å². The molecule has 1 aliphatic carbocycles. The van der Waals surface area contributed by atoms with E-state index < -0.39 is 0 Å². The molecular formula is C10H15N3O2. The summed E-state index contributed by atoms with van der Waals surface area (Å²) in [6.07, 6.45) is 2.46. The third-order valence-electron chi connectivity index (χ3n) is 2.54. The highest BCUT2D eigenvalue weighted by Gasteiger charge is 2.26. The van der Waals surface area contributed by atoms with Gasteiger partial charge in [0.1, 0.15) is 12.4 Å². The maximum Gasteiger partial charge on any atom is 0.325 e. The Labute approximate surface area is 88.4 Å². The molecule has 0 aromatic carbocycles. The van der Waals surface area contributed by atoms with Crippen molar-refractivity contribution in [1.29, 1.82) is 0 Å². The normalized spacial score (nSPS) is 15.1. The Kier molecular flexibility index (Phi) is 2.62. The second-order valence-corrected chi connectivity index (χ2v) is 3.78. The molecule has 0 aliphatic heterocycles. The summed E-state index contributed by atoms with van der Waals surface area (Å²) >= 11 is 0. The number of anilines is 1. The summed E-state index contributed by atoms with van der Waals surface area (Å²) in [7, 11) is 3.24. The molecule has 1 fully saturated rings. The zero-order chi connectivity index (χ0) is 10.8. The van der Waals surface area contributed by atoms with Gasteiger partial charge in [0.15, 0.2) is 0 Å². The summed E-state index contributed by atoms with van der Waals surface area (Å²) in [6.45, 7) is 0.181. The van der Waals surface area contributed by atoms with Crippen molar-refractivity contribution in [1.82, 2.24) is 9.78 Å². The van der Waals surface area contributed by atoms with E-state index in [0.717, 1.165) is 11.5 Å². The van der Waals surface area contributed by atoms with Crippen LogP contribution in [-0.2, 0) is 16.6 Å². The number of hydrogen-bond acceptors (Lipinski definition) is 4. The number of carbonyl (C=O) groups excluding carboxylic acids is 1. The zero-order valence-corrected chi connectivity index (χ0v) is 8.99. The molecular weight excluding hydrogens is 194 g/mol. The van der Waals surface area contributed by atoms with Crippen LogP contribution in [0.2, 0.25) is 0 Å². The van der Waals surface area contributed by atoms with Crippen molar-refractivity contribution < 1.29 is 9.53 Å². The minimum Gasteiger partial charge on any atom is -0.468 e. The quantitative estimate of drug-likeness (QED) is 0.748. The summed E-state index contributed by atoms with van der Waals surface area (Å²) in [5, 5.41) is 7.37. The van der Waals surface area contributed by atoms with Gasteiger partial charge in [-0.15, -0.1) is 0 Å². The lowest BCUT2D eigenvalue weighted by molar-refractivity contribution is -0.138. The van der Waals surface area contributed by atoms with E-state index in [1.165, 1.54) is 20.0 Å². The third-order valence-corrected chi connectivity index (χ3v) is 2.54. The van der Waals surface area contributed by atoms with E-state index in [1.54, 1.807) is 4.68 Å². The van der Waals surface area contributed by atoms with Crippen molar-refractivity contribution in [3.05, 3.63) is 11.8 Å². The predicted octanol–water partition coefficient (Wildman–Crippen LogP) is 0.882. The van der Waals surface area contributed by atoms with Gasteiger partial charge in [-0.3, -0.25) is 9.48 Å². The largest absolute Gasteiger partial charge is 0.468 e. The summed E-state index contributed by atoms with van der Waals surface area (Å²) in [5.74, 6) is 1.22. The zero-order valence-electron chi connectivity index (χ0n) is 8.99. The lowest BCUT2D eigenvalue weighted by Crippen LogP contribution is -2.16. The van der Waals surface area contributed by atoms with Gasteiger partial charge < -0.3 is 10.1 Å². The van der Waals surface area contributed by atoms with E-state index in [0.29, 0.717) is 5.92 Å². The molecule has 1 heterocycles. The molecule has 82 valence electrons. The van der Waals surface area contributed by atoms with Crippen LogP contribution in [0.4, 0.5) is 5.82 Å². The van der Waals surface area contributed by atoms with Crippen molar-refractivity contribution in [3.8, 4) is 0 Å². The van der Waals surface area contributed by atoms with E-state index in [1.807, 2.05) is 13.1 Å². The highest BCUT2D eigenvalue weighted by Crippen LogP contribution is 2.39. The van der Waals surface area contributed by atoms with Crippen LogP contribution in [0.25, 0.3) is 0 Å². The molecule has 0 atom stereocenters. The van der Waals surface area contributed by atoms with Crippen molar-refractivity contribution in [3.63, 3.8) is 0 Å². The van der Waals surface area contributed by atoms with Crippen molar-refractivity contribution in [2.75, 3.05) is 19.0 Å². The molecule has 0 bridgehead atoms. The number of aromatic nitrogens is 2. The number of nitrogens with one attached hydrogen (secondary N) is 1. The Morgan fingerprint density at radius 3 is 3.07 bits per heavy atom. The van der Waals surface area contributed by atoms with E-state index in [4.69, 9.17) is 0 Å². The van der Waals surface area contributed by atoms with E-state index in [9.17, 15) is 4.79 Å². The van der Waals surface area contributed by atoms with Crippen molar-refractivity contribution in [2.24, 2.45) is 7.05 Å². The lowest BCUT2D eigenvalue weighted by Gasteiger charge is -2.03. The molecule has 0 amide bonds. The Morgan fingerprint density at radius 1 is 1.73 bits per heavy atom. The number of aryl methyl sites for hydroxylation is 1. The van der Waals surface area contributed by atoms with Gasteiger partial charge in [0.25, 0.3) is 0 Å². The molecule has 0 spiro atoms. The van der Waals surface area contributed by atoms with E-state index in [-0.39, 0.29) is 12.5 Å². The Hall–Kier alpha value is -1.52. The Balaban J connectivity index is 1.98. The Morgan fingerprint density at radius 2 is 2.47 bits per heavy atom. The van der Waals surface area contributed by atoms with Crippen LogP contribution < -0.4 is 5.32 Å². The standard InChI is InChI=1S/C10H15N3O2/c1-13-9(11-6-10(14)15-2)5-8(12-13)7-3-4-7/h5,7,11H,3-4,6H2,1-2H3. The van der Waals surface area contributed by atoms with Crippen LogP contribution >= 0.6 is 0 Å². The van der Waals surface area contributed by atoms with Crippen LogP contribution in [0.1, 0.15) is 24.5 Å². The molecule has 0 unspecified atom stereocenters. The first-order valence-corrected chi connectivity index (χ1v) is 5.05. The van der Waals surface area contributed by atoms with Gasteiger partial charge in [-0.25, -0.2) is 0 Å². The molecule has 1 aliphatic rings. The minimum absolute atomic E-state index is 0.181. The molecule has 1 N–H and O–H groups in total. The van der Waals surface area contributed by atoms with Crippen LogP contribution in [0.15, 0.2) is 6.07 Å². The maximum atomic E-state index is 10.9. The van der Waals surface area contributed by atoms with Gasteiger partial charge >= 0.3 is 5.97 Å². The van der Waals surface area contributed by atoms with Crippen LogP contribution in [0.5, 0.6) is 0 Å². The first-order chi connectivity index (χ1) is 7.20. The predicted molar refractivity (Wildman–Crippen MR) is 55.7 cm³/mol. The fourth-order valence-electron chi connectivity index (χ4n) is 1.47. The maximum absolute atomic E-state index is 10.9. The SMILES string of the molecule is COC(=O)CNc1cc(C2CC2)nn1C. The third kappa shape index (κ3) is 2.29. The summed E-state index contributed by atoms with van der Waals surface area (Å²) in [6, 6.07) is 2.00. The molecule has 2 rings (SSSR count). The molecule has 1 saturated carbocycles. The topological polar surface area (TPSA) is 56.1 Å². The van der Waals surface area contributed by atoms with E-state index in [2.05, 4.69) is 15.2 Å². The Bertz CT molecular complexity index is 369. The van der Waals surface area contributed by atoms with Crippen LogP contribution in [-0.4, -0.2) is 29.4 Å². The number of rotatable bonds is 4. The molecule has 0 radical (unpaired) electrons. The van der Waals surface area contributed by atoms with Gasteiger partial charge in [-0.1, -0.05) is 0 Å². The highest BCUT2D eigenvalue weighted by molar-refractivity contribution is 5.74. The first-order valence-electron chi connectivity index (χ1n) is 5.05. The molecule has 1 aromatic rings. The van der Waals surface area contributed by atoms with E-state index >= 15 is 0 Å². The minimum atomic E-state index is -0.274. The van der Waals surface area contributed by atoms with Gasteiger partial charge in [-0.05, 0) is 12.8 Å². The number of ether oxygens (including phenoxy) is 1. The average molecular weight is 209 g/mol. The smallest absolute Gasteiger partial charge is 0.325 e. The number of hydrogen-bond donors (Lipinski definition) is 1. The highest BCUT2D eigenvalue weighted by atomic mass is 16.5. The first kappa shape index (κ1) is 10.0. The number of nitrogens with zero attached hydrogens (tertiary/aromatic N) is 2. The van der Waals surface area contributed by atoms with Crippen molar-refractivity contribution in [2.45, 2.75) is 18.8 Å². The fourth-order valence-corrected chi connectivity index (χ4v) is 1.47. The molecule has 5 nitrogen and oxygen atoms in total. The number of methoxy groups -OCH3 is 1. The van der Waals surface area contributed by atoms with Crippen LogP contribution in [0, 0.1) is 0 Å². The molecule has 15 heavy (non-hydrogen) atoms. The molecule has 1 aromatic heterocycles. The summed E-state index contributed by atoms with van der Waals surface area (Å²) < 4.78 is 6.31. The number of carbonyl (C=O) groups is 1. The number of esters is 1. The fraction of sp³-hybridized carbons (Fsp3) is 0.600. The van der Waals surface area contributed by atoms with Gasteiger partial charge in [-0.2, -0.15) is 5.10 Å². The second-order valence-electron chi connectivity index (χ2n) is 3.78. The van der Waals surface area contributed by atoms with Gasteiger partial charge in [0, 0.05) is 19.0 Å². The average Bonchev–Trinajstić information content (AvgIpc) is 3.00. The van der Waals surface area contributed by atoms with Crippen LogP contribution in [0.3, 0.4) is 0 Å². The molecule has 5 heteroatoms. The lowest BCUT2D eigenvalue weighted by atomic mass is 10.3. The van der Waals surface area contributed by atoms with Crippen molar-refractivity contribution >= 4 is 11.8 Å². The second kappa shape index (κ2) is 3.92. The summed E-state index contributed by atoms with van der Waals surface area (Å²) in [5.41, 5.74) is 1.12. The van der Waals surface area contributed by atoms with Gasteiger partial charge in [0.05, 0.1) is 12.8 Å². The summed E-state index contributed by atoms with van der Waals surface area (Å²) in [4.78, 5) is 10.9. The molecule has 0 saturated heterocycles. The monoisotopic (exact) mass is 209 g/mol.